The van der Waals surface area contributed by atoms with Crippen molar-refractivity contribution in [2.45, 2.75) is 27.2 Å². The van der Waals surface area contributed by atoms with Crippen LogP contribution in [0.1, 0.15) is 44.6 Å². The molecule has 0 saturated carbocycles. The summed E-state index contributed by atoms with van der Waals surface area (Å²) in [4.78, 5) is 26.9. The maximum Gasteiger partial charge on any atom is 0.272 e. The van der Waals surface area contributed by atoms with Crippen LogP contribution in [0.3, 0.4) is 0 Å². The van der Waals surface area contributed by atoms with E-state index in [0.29, 0.717) is 34.6 Å². The van der Waals surface area contributed by atoms with Gasteiger partial charge in [0.05, 0.1) is 12.5 Å². The van der Waals surface area contributed by atoms with Crippen molar-refractivity contribution >= 4 is 17.4 Å². The molecule has 0 radical (unpaired) electrons. The van der Waals surface area contributed by atoms with E-state index in [0.717, 1.165) is 5.56 Å². The van der Waals surface area contributed by atoms with Crippen molar-refractivity contribution in [3.63, 3.8) is 0 Å². The number of nitrogens with one attached hydrogen (secondary N) is 2. The summed E-state index contributed by atoms with van der Waals surface area (Å²) in [6.45, 7) is 5.02. The number of hydrogen-bond acceptors (Lipinski definition) is 3. The number of anilines is 1. The molecule has 22 heavy (non-hydrogen) atoms. The van der Waals surface area contributed by atoms with E-state index >= 15 is 0 Å². The molecule has 1 amide bonds. The minimum atomic E-state index is -0.291. The summed E-state index contributed by atoms with van der Waals surface area (Å²) in [6, 6.07) is 9.17. The van der Waals surface area contributed by atoms with Gasteiger partial charge in [-0.25, -0.2) is 0 Å². The molecule has 1 heterocycles. The summed E-state index contributed by atoms with van der Waals surface area (Å²) >= 11 is 0. The van der Waals surface area contributed by atoms with Crippen LogP contribution in [0.15, 0.2) is 24.3 Å². The molecule has 0 aliphatic carbocycles. The van der Waals surface area contributed by atoms with Crippen LogP contribution >= 0.6 is 0 Å². The lowest BCUT2D eigenvalue weighted by molar-refractivity contribution is 0.101. The van der Waals surface area contributed by atoms with Crippen LogP contribution in [0.4, 0.5) is 5.69 Å². The minimum Gasteiger partial charge on any atom is -0.354 e. The molecule has 5 heteroatoms. The second-order valence-corrected chi connectivity index (χ2v) is 5.17. The number of nitriles is 1. The number of Topliss-reactive ketones (excluding diaryl/α,β-unsaturated/α-hetero) is 1. The molecule has 112 valence electrons. The van der Waals surface area contributed by atoms with E-state index in [1.54, 1.807) is 38.1 Å². The van der Waals surface area contributed by atoms with Crippen molar-refractivity contribution in [2.24, 2.45) is 0 Å². The first-order valence-electron chi connectivity index (χ1n) is 6.91. The molecular weight excluding hydrogens is 278 g/mol. The molecule has 0 aliphatic heterocycles. The summed E-state index contributed by atoms with van der Waals surface area (Å²) in [7, 11) is 0. The van der Waals surface area contributed by atoms with Crippen molar-refractivity contribution in [1.29, 1.82) is 5.26 Å². The van der Waals surface area contributed by atoms with Gasteiger partial charge in [0.2, 0.25) is 0 Å². The summed E-state index contributed by atoms with van der Waals surface area (Å²) in [6.07, 6.45) is 0.338. The third kappa shape index (κ3) is 3.07. The Morgan fingerprint density at radius 3 is 2.36 bits per heavy atom. The van der Waals surface area contributed by atoms with Gasteiger partial charge in [0, 0.05) is 16.9 Å². The number of ketones is 1. The average Bonchev–Trinajstić information content (AvgIpc) is 2.76. The number of carbonyl (C=O) groups is 2. The summed E-state index contributed by atoms with van der Waals surface area (Å²) < 4.78 is 0. The number of aromatic amines is 1. The molecule has 5 nitrogen and oxygen atoms in total. The normalized spacial score (nSPS) is 10.1. The van der Waals surface area contributed by atoms with E-state index in [1.807, 2.05) is 0 Å². The Balaban J connectivity index is 2.21. The van der Waals surface area contributed by atoms with Gasteiger partial charge in [-0.05, 0) is 44.0 Å². The first-order chi connectivity index (χ1) is 10.4. The zero-order valence-electron chi connectivity index (χ0n) is 12.8. The van der Waals surface area contributed by atoms with Crippen molar-refractivity contribution in [2.75, 3.05) is 5.32 Å². The van der Waals surface area contributed by atoms with Gasteiger partial charge in [-0.3, -0.25) is 9.59 Å². The average molecular weight is 295 g/mol. The van der Waals surface area contributed by atoms with Crippen molar-refractivity contribution in [3.8, 4) is 6.07 Å². The predicted octanol–water partition coefficient (Wildman–Crippen LogP) is 3.15. The lowest BCUT2D eigenvalue weighted by Gasteiger charge is -2.05. The van der Waals surface area contributed by atoms with Gasteiger partial charge in [0.15, 0.2) is 5.78 Å². The number of rotatable bonds is 4. The largest absolute Gasteiger partial charge is 0.354 e. The van der Waals surface area contributed by atoms with E-state index < -0.39 is 0 Å². The number of aromatic nitrogens is 1. The predicted molar refractivity (Wildman–Crippen MR) is 84.0 cm³/mol. The van der Waals surface area contributed by atoms with Crippen LogP contribution in [-0.4, -0.2) is 16.7 Å². The Morgan fingerprint density at radius 1 is 1.23 bits per heavy atom. The van der Waals surface area contributed by atoms with E-state index in [1.165, 1.54) is 6.92 Å². The number of benzene rings is 1. The Kier molecular flexibility index (Phi) is 4.42. The summed E-state index contributed by atoms with van der Waals surface area (Å²) in [5.41, 5.74) is 3.84. The molecule has 0 fully saturated rings. The minimum absolute atomic E-state index is 0.0637. The van der Waals surface area contributed by atoms with Gasteiger partial charge >= 0.3 is 0 Å². The number of carbonyl (C=O) groups excluding carboxylic acids is 2. The summed E-state index contributed by atoms with van der Waals surface area (Å²) in [5, 5.41) is 11.4. The molecule has 0 bridgehead atoms. The number of hydrogen-bond donors (Lipinski definition) is 2. The molecule has 0 saturated heterocycles. The lowest BCUT2D eigenvalue weighted by atomic mass is 10.1. The zero-order valence-corrected chi connectivity index (χ0v) is 12.8. The molecule has 0 unspecified atom stereocenters. The fourth-order valence-corrected chi connectivity index (χ4v) is 2.50. The summed E-state index contributed by atoms with van der Waals surface area (Å²) in [5.74, 6) is -0.354. The Labute approximate surface area is 129 Å². The number of amides is 1. The number of aryl methyl sites for hydroxylation is 1. The quantitative estimate of drug-likeness (QED) is 0.849. The standard InChI is InChI=1S/C17H17N3O2/c1-10-15(12(3)21)11(2)19-16(10)17(22)20-14-6-4-13(5-7-14)8-9-18/h4-7,19H,8H2,1-3H3,(H,20,22). The smallest absolute Gasteiger partial charge is 0.272 e. The highest BCUT2D eigenvalue weighted by Crippen LogP contribution is 2.20. The fourth-order valence-electron chi connectivity index (χ4n) is 2.50. The van der Waals surface area contributed by atoms with Crippen molar-refractivity contribution in [3.05, 3.63) is 52.3 Å². The fraction of sp³-hybridized carbons (Fsp3) is 0.235. The maximum absolute atomic E-state index is 12.3. The van der Waals surface area contributed by atoms with Gasteiger partial charge in [-0.15, -0.1) is 0 Å². The lowest BCUT2D eigenvalue weighted by Crippen LogP contribution is -2.13. The first kappa shape index (κ1) is 15.5. The third-order valence-corrected chi connectivity index (χ3v) is 3.51. The number of nitrogens with zero attached hydrogens (tertiary/aromatic N) is 1. The highest BCUT2D eigenvalue weighted by molar-refractivity contribution is 6.07. The van der Waals surface area contributed by atoms with Gasteiger partial charge < -0.3 is 10.3 Å². The maximum atomic E-state index is 12.3. The van der Waals surface area contributed by atoms with Crippen LogP contribution < -0.4 is 5.32 Å². The van der Waals surface area contributed by atoms with E-state index in [2.05, 4.69) is 16.4 Å². The zero-order chi connectivity index (χ0) is 16.3. The van der Waals surface area contributed by atoms with Crippen molar-refractivity contribution < 1.29 is 9.59 Å². The molecule has 1 aromatic carbocycles. The van der Waals surface area contributed by atoms with Crippen LogP contribution in [0.25, 0.3) is 0 Å². The van der Waals surface area contributed by atoms with Crippen LogP contribution in [0, 0.1) is 25.2 Å². The Bertz CT molecular complexity index is 764. The molecule has 2 aromatic rings. The third-order valence-electron chi connectivity index (χ3n) is 3.51. The number of H-pyrrole nitrogens is 1. The first-order valence-corrected chi connectivity index (χ1v) is 6.91. The highest BCUT2D eigenvalue weighted by Gasteiger charge is 2.19. The topological polar surface area (TPSA) is 85.8 Å². The molecule has 2 N–H and O–H groups in total. The van der Waals surface area contributed by atoms with E-state index in [9.17, 15) is 9.59 Å². The van der Waals surface area contributed by atoms with Crippen LogP contribution in [0.2, 0.25) is 0 Å². The van der Waals surface area contributed by atoms with Gasteiger partial charge in [-0.1, -0.05) is 12.1 Å². The second-order valence-electron chi connectivity index (χ2n) is 5.17. The highest BCUT2D eigenvalue weighted by atomic mass is 16.2. The van der Waals surface area contributed by atoms with Crippen LogP contribution in [0.5, 0.6) is 0 Å². The molecule has 0 spiro atoms. The molecule has 1 aromatic heterocycles. The second kappa shape index (κ2) is 6.27. The van der Waals surface area contributed by atoms with E-state index in [4.69, 9.17) is 5.26 Å². The molecule has 2 rings (SSSR count). The molecule has 0 atom stereocenters. The molecular formula is C17H17N3O2. The van der Waals surface area contributed by atoms with Gasteiger partial charge in [-0.2, -0.15) is 5.26 Å². The molecule has 0 aliphatic rings. The Hall–Kier alpha value is -2.87. The Morgan fingerprint density at radius 2 is 1.86 bits per heavy atom. The van der Waals surface area contributed by atoms with Crippen LogP contribution in [-0.2, 0) is 6.42 Å². The SMILES string of the molecule is CC(=O)c1c(C)[nH]c(C(=O)Nc2ccc(CC#N)cc2)c1C. The monoisotopic (exact) mass is 295 g/mol. The van der Waals surface area contributed by atoms with Gasteiger partial charge in [0.25, 0.3) is 5.91 Å². The van der Waals surface area contributed by atoms with E-state index in [-0.39, 0.29) is 11.7 Å². The van der Waals surface area contributed by atoms with Crippen molar-refractivity contribution in [1.82, 2.24) is 4.98 Å². The van der Waals surface area contributed by atoms with Gasteiger partial charge in [0.1, 0.15) is 5.69 Å².